The number of rotatable bonds is 15. The van der Waals surface area contributed by atoms with Gasteiger partial charge < -0.3 is 35.6 Å². The molecule has 3 atom stereocenters. The van der Waals surface area contributed by atoms with Gasteiger partial charge in [-0.1, -0.05) is 12.1 Å². The first-order valence-corrected chi connectivity index (χ1v) is 13.3. The third kappa shape index (κ3) is 9.58. The molecule has 0 saturated carbocycles. The molecule has 0 radical (unpaired) electrons. The number of hydroxylamine groups is 1. The Hall–Kier alpha value is -4.36. The Labute approximate surface area is 248 Å². The highest BCUT2D eigenvalue weighted by Crippen LogP contribution is 2.41. The summed E-state index contributed by atoms with van der Waals surface area (Å²) in [5.74, 6) is -6.22. The third-order valence-electron chi connectivity index (χ3n) is 6.26. The fourth-order valence-electron chi connectivity index (χ4n) is 3.97. The predicted octanol–water partition coefficient (Wildman–Crippen LogP) is -0.595. The number of aliphatic hydroxyl groups is 2. The molecule has 18 heteroatoms. The summed E-state index contributed by atoms with van der Waals surface area (Å²) in [4.78, 5) is 63.3. The lowest BCUT2D eigenvalue weighted by Gasteiger charge is -2.21. The number of ether oxygens (including phenoxy) is 2. The van der Waals surface area contributed by atoms with Gasteiger partial charge in [0.25, 0.3) is 0 Å². The largest absolute Gasteiger partial charge is 0.394 e. The van der Waals surface area contributed by atoms with E-state index in [0.717, 1.165) is 12.3 Å². The summed E-state index contributed by atoms with van der Waals surface area (Å²) < 4.78 is 39.1. The smallest absolute Gasteiger partial charge is 0.351 e. The van der Waals surface area contributed by atoms with Gasteiger partial charge in [-0.05, 0) is 23.8 Å². The van der Waals surface area contributed by atoms with Crippen LogP contribution in [0, 0.1) is 0 Å². The van der Waals surface area contributed by atoms with Crippen molar-refractivity contribution < 1.29 is 52.9 Å². The van der Waals surface area contributed by atoms with E-state index in [0.29, 0.717) is 15.8 Å². The number of alkyl halides is 2. The summed E-state index contributed by atoms with van der Waals surface area (Å²) in [5.41, 5.74) is 1.40. The maximum Gasteiger partial charge on any atom is 0.351 e. The molecular formula is C26H32F2N6O10. The number of carbonyl (C=O) groups excluding carboxylic acids is 4. The topological polar surface area (TPSA) is 230 Å². The van der Waals surface area contributed by atoms with E-state index >= 15 is 0 Å². The molecule has 1 fully saturated rings. The molecule has 0 spiro atoms. The van der Waals surface area contributed by atoms with Crippen LogP contribution in [-0.4, -0.2) is 86.6 Å². The van der Waals surface area contributed by atoms with E-state index in [1.54, 1.807) is 24.3 Å². The van der Waals surface area contributed by atoms with Crippen molar-refractivity contribution in [3.05, 3.63) is 52.6 Å². The first-order valence-electron chi connectivity index (χ1n) is 13.3. The van der Waals surface area contributed by atoms with Crippen LogP contribution in [0.25, 0.3) is 0 Å². The Kier molecular flexibility index (Phi) is 12.4. The zero-order valence-corrected chi connectivity index (χ0v) is 23.2. The van der Waals surface area contributed by atoms with Crippen LogP contribution in [0.1, 0.15) is 37.5 Å². The molecule has 7 N–H and O–H groups in total. The Morgan fingerprint density at radius 2 is 1.68 bits per heavy atom. The van der Waals surface area contributed by atoms with Crippen molar-refractivity contribution in [1.82, 2.24) is 20.3 Å². The van der Waals surface area contributed by atoms with Gasteiger partial charge in [0, 0.05) is 31.3 Å². The minimum atomic E-state index is -3.88. The molecule has 3 rings (SSSR count). The summed E-state index contributed by atoms with van der Waals surface area (Å²) in [5, 5.41) is 34.7. The average Bonchev–Trinajstić information content (AvgIpc) is 3.22. The number of nitrogens with one attached hydrogen (secondary N) is 4. The standard InChI is InChI=1S/C26H32F2N6O10/c27-26(28)23(40)17(14-35)44-24(26)34-9-6-18(32-25(34)41)31-20(37)5-4-19(36)29-13-15-2-1-3-16(12-15)30-21(38)7-10-43-11-8-22(39)33-42/h1-3,6,9,12,17,23-24,35,40,42H,4-5,7-8,10-11,13-14H2,(H,29,36)(H,30,38)(H,33,39)(H,31,32,37,41). The predicted molar refractivity (Wildman–Crippen MR) is 145 cm³/mol. The average molecular weight is 627 g/mol. The summed E-state index contributed by atoms with van der Waals surface area (Å²) in [7, 11) is 0. The molecule has 3 unspecified atom stereocenters. The van der Waals surface area contributed by atoms with Crippen LogP contribution < -0.4 is 27.1 Å². The van der Waals surface area contributed by atoms with E-state index in [4.69, 9.17) is 19.8 Å². The number of aromatic nitrogens is 2. The minimum Gasteiger partial charge on any atom is -0.394 e. The molecule has 4 amide bonds. The summed E-state index contributed by atoms with van der Waals surface area (Å²) >= 11 is 0. The highest BCUT2D eigenvalue weighted by atomic mass is 19.3. The number of hydrogen-bond acceptors (Lipinski definition) is 11. The maximum atomic E-state index is 14.3. The van der Waals surface area contributed by atoms with E-state index in [1.807, 2.05) is 0 Å². The maximum absolute atomic E-state index is 14.3. The summed E-state index contributed by atoms with van der Waals surface area (Å²) in [6.45, 7) is -0.686. The van der Waals surface area contributed by atoms with Crippen LogP contribution in [0.2, 0.25) is 0 Å². The van der Waals surface area contributed by atoms with Crippen molar-refractivity contribution >= 4 is 35.1 Å². The zero-order chi connectivity index (χ0) is 32.3. The molecule has 0 aliphatic carbocycles. The number of amides is 4. The van der Waals surface area contributed by atoms with Gasteiger partial charge in [-0.15, -0.1) is 0 Å². The zero-order valence-electron chi connectivity index (χ0n) is 23.2. The number of halogens is 2. The number of benzene rings is 1. The van der Waals surface area contributed by atoms with Crippen molar-refractivity contribution in [1.29, 1.82) is 0 Å². The van der Waals surface area contributed by atoms with Crippen LogP contribution in [0.15, 0.2) is 41.3 Å². The van der Waals surface area contributed by atoms with Crippen molar-refractivity contribution in [2.45, 2.75) is 56.6 Å². The highest BCUT2D eigenvalue weighted by Gasteiger charge is 2.59. The Balaban J connectivity index is 1.40. The lowest BCUT2D eigenvalue weighted by Crippen LogP contribution is -2.41. The second kappa shape index (κ2) is 15.9. The first-order chi connectivity index (χ1) is 20.9. The van der Waals surface area contributed by atoms with E-state index in [-0.39, 0.29) is 57.2 Å². The van der Waals surface area contributed by atoms with Gasteiger partial charge in [0.05, 0.1) is 32.7 Å². The summed E-state index contributed by atoms with van der Waals surface area (Å²) in [6.07, 6.45) is -5.77. The molecule has 1 aromatic heterocycles. The quantitative estimate of drug-likeness (QED) is 0.0750. The van der Waals surface area contributed by atoms with Crippen LogP contribution in [0.4, 0.5) is 20.3 Å². The van der Waals surface area contributed by atoms with Crippen LogP contribution in [-0.2, 0) is 35.2 Å². The lowest BCUT2D eigenvalue weighted by molar-refractivity contribution is -0.141. The highest BCUT2D eigenvalue weighted by molar-refractivity contribution is 5.92. The number of aliphatic hydroxyl groups excluding tert-OH is 2. The van der Waals surface area contributed by atoms with Gasteiger partial charge >= 0.3 is 11.6 Å². The van der Waals surface area contributed by atoms with Gasteiger partial charge in [0.1, 0.15) is 11.9 Å². The number of anilines is 2. The SMILES string of the molecule is O=C(CCOCCC(=O)Nc1cccc(CNC(=O)CCC(=O)Nc2ccn(C3OC(CO)C(O)C3(F)F)c(=O)n2)c1)NO. The van der Waals surface area contributed by atoms with Crippen molar-refractivity contribution in [2.24, 2.45) is 0 Å². The third-order valence-corrected chi connectivity index (χ3v) is 6.26. The molecule has 0 bridgehead atoms. The van der Waals surface area contributed by atoms with Crippen LogP contribution >= 0.6 is 0 Å². The Morgan fingerprint density at radius 1 is 1.00 bits per heavy atom. The van der Waals surface area contributed by atoms with E-state index in [1.165, 1.54) is 5.48 Å². The van der Waals surface area contributed by atoms with E-state index < -0.39 is 54.4 Å². The lowest BCUT2D eigenvalue weighted by atomic mass is 10.1. The molecule has 240 valence electrons. The molecule has 2 heterocycles. The van der Waals surface area contributed by atoms with Crippen molar-refractivity contribution in [2.75, 3.05) is 30.5 Å². The second-order valence-electron chi connectivity index (χ2n) is 9.55. The van der Waals surface area contributed by atoms with Crippen LogP contribution in [0.3, 0.4) is 0 Å². The fraction of sp³-hybridized carbons (Fsp3) is 0.462. The van der Waals surface area contributed by atoms with Gasteiger partial charge in [0.2, 0.25) is 29.9 Å². The van der Waals surface area contributed by atoms with Gasteiger partial charge in [0.15, 0.2) is 6.10 Å². The molecule has 16 nitrogen and oxygen atoms in total. The second-order valence-corrected chi connectivity index (χ2v) is 9.55. The molecular weight excluding hydrogens is 594 g/mol. The van der Waals surface area contributed by atoms with Crippen molar-refractivity contribution in [3.8, 4) is 0 Å². The van der Waals surface area contributed by atoms with Gasteiger partial charge in [-0.2, -0.15) is 13.8 Å². The Morgan fingerprint density at radius 3 is 2.34 bits per heavy atom. The number of hydrogen-bond donors (Lipinski definition) is 7. The fourth-order valence-corrected chi connectivity index (χ4v) is 3.97. The van der Waals surface area contributed by atoms with E-state index in [2.05, 4.69) is 20.9 Å². The molecule has 2 aromatic rings. The molecule has 1 aliphatic heterocycles. The normalized spacial score (nSPS) is 18.8. The number of nitrogens with zero attached hydrogens (tertiary/aromatic N) is 2. The first kappa shape index (κ1) is 34.1. The van der Waals surface area contributed by atoms with Crippen LogP contribution in [0.5, 0.6) is 0 Å². The van der Waals surface area contributed by atoms with Gasteiger partial charge in [-0.3, -0.25) is 29.0 Å². The molecule has 1 aromatic carbocycles. The number of carbonyl (C=O) groups is 4. The minimum absolute atomic E-state index is 0.0262. The van der Waals surface area contributed by atoms with E-state index in [9.17, 15) is 37.9 Å². The Bertz CT molecular complexity index is 1390. The monoisotopic (exact) mass is 626 g/mol. The van der Waals surface area contributed by atoms with Gasteiger partial charge in [-0.25, -0.2) is 10.3 Å². The van der Waals surface area contributed by atoms with Crippen molar-refractivity contribution in [3.63, 3.8) is 0 Å². The summed E-state index contributed by atoms with van der Waals surface area (Å²) in [6, 6.07) is 7.73. The molecule has 44 heavy (non-hydrogen) atoms. The molecule has 1 aliphatic rings. The molecule has 1 saturated heterocycles.